The van der Waals surface area contributed by atoms with Crippen LogP contribution in [-0.4, -0.2) is 20.6 Å². The second-order valence-corrected chi connectivity index (χ2v) is 5.86. The molecule has 0 amide bonds. The predicted octanol–water partition coefficient (Wildman–Crippen LogP) is 2.38. The summed E-state index contributed by atoms with van der Waals surface area (Å²) in [5, 5.41) is 10.9. The smallest absolute Gasteiger partial charge is 0.160 e. The van der Waals surface area contributed by atoms with Crippen LogP contribution in [0.1, 0.15) is 26.0 Å². The zero-order valence-electron chi connectivity index (χ0n) is 11.9. The Labute approximate surface area is 122 Å². The number of hydrogen-bond donors (Lipinski definition) is 1. The minimum absolute atomic E-state index is 0.329. The lowest BCUT2D eigenvalue weighted by Crippen LogP contribution is -2.14. The zero-order chi connectivity index (χ0) is 14.5. The Morgan fingerprint density at radius 2 is 2.35 bits per heavy atom. The number of hydrogen-bond acceptors (Lipinski definition) is 5. The molecule has 0 aliphatic carbocycles. The Balaban J connectivity index is 1.90. The number of nitrogens with zero attached hydrogens (tertiary/aromatic N) is 4. The summed E-state index contributed by atoms with van der Waals surface area (Å²) in [5.74, 6) is 0.988. The lowest BCUT2D eigenvalue weighted by molar-refractivity contribution is 0.127. The molecule has 7 heteroatoms. The van der Waals surface area contributed by atoms with E-state index < -0.39 is 0 Å². The molecule has 2 heterocycles. The fraction of sp³-hybridized carbons (Fsp3) is 0.462. The van der Waals surface area contributed by atoms with Gasteiger partial charge in [0.15, 0.2) is 6.61 Å². The van der Waals surface area contributed by atoms with Crippen LogP contribution in [0.25, 0.3) is 10.6 Å². The number of oxime groups is 1. The van der Waals surface area contributed by atoms with E-state index in [1.165, 1.54) is 0 Å². The van der Waals surface area contributed by atoms with Crippen molar-refractivity contribution < 1.29 is 4.84 Å². The molecule has 0 spiro atoms. The third-order valence-corrected chi connectivity index (χ3v) is 3.46. The number of nitrogens with two attached hydrogens (primary N) is 1. The van der Waals surface area contributed by atoms with Crippen LogP contribution in [0.3, 0.4) is 0 Å². The van der Waals surface area contributed by atoms with E-state index in [1.807, 2.05) is 18.6 Å². The second kappa shape index (κ2) is 6.51. The van der Waals surface area contributed by atoms with Gasteiger partial charge in [0.05, 0.1) is 11.9 Å². The number of amidine groups is 1. The number of thiazole rings is 1. The highest BCUT2D eigenvalue weighted by atomic mass is 32.1. The molecule has 108 valence electrons. The molecule has 2 aromatic heterocycles. The van der Waals surface area contributed by atoms with E-state index in [1.54, 1.807) is 22.2 Å². The summed E-state index contributed by atoms with van der Waals surface area (Å²) in [6, 6.07) is 0. The molecule has 0 atom stereocenters. The molecule has 0 aliphatic rings. The lowest BCUT2D eigenvalue weighted by Gasteiger charge is -2.03. The quantitative estimate of drug-likeness (QED) is 0.504. The van der Waals surface area contributed by atoms with Crippen molar-refractivity contribution in [3.8, 4) is 10.6 Å². The molecule has 0 aromatic carbocycles. The van der Waals surface area contributed by atoms with Crippen molar-refractivity contribution in [3.05, 3.63) is 23.5 Å². The third-order valence-electron chi connectivity index (χ3n) is 2.52. The summed E-state index contributed by atoms with van der Waals surface area (Å²) in [4.78, 5) is 9.70. The molecule has 0 radical (unpaired) electrons. The molecule has 0 aliphatic heterocycles. The second-order valence-electron chi connectivity index (χ2n) is 5.00. The van der Waals surface area contributed by atoms with E-state index in [9.17, 15) is 0 Å². The summed E-state index contributed by atoms with van der Waals surface area (Å²) in [5.41, 5.74) is 7.58. The maximum atomic E-state index is 5.73. The third kappa shape index (κ3) is 4.06. The summed E-state index contributed by atoms with van der Waals surface area (Å²) in [6.45, 7) is 4.50. The van der Waals surface area contributed by atoms with Gasteiger partial charge in [0.2, 0.25) is 0 Å². The van der Waals surface area contributed by atoms with Crippen LogP contribution < -0.4 is 5.73 Å². The van der Waals surface area contributed by atoms with Gasteiger partial charge < -0.3 is 10.6 Å². The maximum absolute atomic E-state index is 5.73. The van der Waals surface area contributed by atoms with Gasteiger partial charge in [0.25, 0.3) is 0 Å². The first-order valence-electron chi connectivity index (χ1n) is 6.42. The van der Waals surface area contributed by atoms with E-state index >= 15 is 0 Å². The molecule has 2 N–H and O–H groups in total. The van der Waals surface area contributed by atoms with Crippen LogP contribution in [0.2, 0.25) is 0 Å². The van der Waals surface area contributed by atoms with Crippen LogP contribution in [-0.2, 0) is 18.5 Å². The van der Waals surface area contributed by atoms with Gasteiger partial charge in [-0.1, -0.05) is 19.0 Å². The molecular formula is C13H19N5OS. The van der Waals surface area contributed by atoms with Crippen molar-refractivity contribution in [3.63, 3.8) is 0 Å². The summed E-state index contributed by atoms with van der Waals surface area (Å²) >= 11 is 1.56. The first kappa shape index (κ1) is 14.5. The molecule has 0 saturated carbocycles. The maximum Gasteiger partial charge on any atom is 0.160 e. The van der Waals surface area contributed by atoms with Gasteiger partial charge >= 0.3 is 0 Å². The summed E-state index contributed by atoms with van der Waals surface area (Å²) in [7, 11) is 1.88. The van der Waals surface area contributed by atoms with Crippen molar-refractivity contribution in [2.45, 2.75) is 26.9 Å². The Bertz CT molecular complexity index is 587. The van der Waals surface area contributed by atoms with E-state index in [-0.39, 0.29) is 0 Å². The van der Waals surface area contributed by atoms with E-state index in [0.29, 0.717) is 18.4 Å². The highest BCUT2D eigenvalue weighted by Gasteiger charge is 2.07. The van der Waals surface area contributed by atoms with E-state index in [2.05, 4.69) is 29.1 Å². The lowest BCUT2D eigenvalue weighted by atomic mass is 10.1. The Morgan fingerprint density at radius 1 is 1.55 bits per heavy atom. The number of aromatic nitrogens is 3. The molecule has 20 heavy (non-hydrogen) atoms. The van der Waals surface area contributed by atoms with Crippen molar-refractivity contribution in [2.24, 2.45) is 23.9 Å². The van der Waals surface area contributed by atoms with Gasteiger partial charge in [-0.05, 0) is 5.92 Å². The van der Waals surface area contributed by atoms with Crippen LogP contribution >= 0.6 is 11.3 Å². The molecule has 0 saturated heterocycles. The van der Waals surface area contributed by atoms with Gasteiger partial charge in [-0.3, -0.25) is 4.68 Å². The highest BCUT2D eigenvalue weighted by molar-refractivity contribution is 7.13. The van der Waals surface area contributed by atoms with Crippen molar-refractivity contribution in [2.75, 3.05) is 0 Å². The fourth-order valence-corrected chi connectivity index (χ4v) is 2.45. The fourth-order valence-electron chi connectivity index (χ4n) is 1.67. The SMILES string of the molecule is CC(C)CC(N)=NOCc1csc(-c2cnn(C)c2)n1. The minimum atomic E-state index is 0.329. The molecule has 6 nitrogen and oxygen atoms in total. The van der Waals surface area contributed by atoms with Crippen LogP contribution in [0.4, 0.5) is 0 Å². The number of rotatable bonds is 6. The van der Waals surface area contributed by atoms with Gasteiger partial charge in [0, 0.05) is 30.6 Å². The van der Waals surface area contributed by atoms with Crippen molar-refractivity contribution in [1.29, 1.82) is 0 Å². The predicted molar refractivity (Wildman–Crippen MR) is 80.2 cm³/mol. The topological polar surface area (TPSA) is 78.3 Å². The normalized spacial score (nSPS) is 12.1. The summed E-state index contributed by atoms with van der Waals surface area (Å²) < 4.78 is 1.75. The van der Waals surface area contributed by atoms with Gasteiger partial charge in [-0.25, -0.2) is 4.98 Å². The zero-order valence-corrected chi connectivity index (χ0v) is 12.7. The van der Waals surface area contributed by atoms with E-state index in [4.69, 9.17) is 10.6 Å². The average molecular weight is 293 g/mol. The molecular weight excluding hydrogens is 274 g/mol. The van der Waals surface area contributed by atoms with Gasteiger partial charge in [-0.15, -0.1) is 11.3 Å². The standard InChI is InChI=1S/C13H19N5OS/c1-9(2)4-12(14)17-19-7-11-8-20-13(16-11)10-5-15-18(3)6-10/h5-6,8-9H,4,7H2,1-3H3,(H2,14,17). The van der Waals surface area contributed by atoms with Crippen molar-refractivity contribution >= 4 is 17.2 Å². The highest BCUT2D eigenvalue weighted by Crippen LogP contribution is 2.23. The molecule has 2 aromatic rings. The Morgan fingerprint density at radius 3 is 3.00 bits per heavy atom. The first-order valence-corrected chi connectivity index (χ1v) is 7.30. The van der Waals surface area contributed by atoms with Gasteiger partial charge in [0.1, 0.15) is 10.8 Å². The van der Waals surface area contributed by atoms with Crippen molar-refractivity contribution in [1.82, 2.24) is 14.8 Å². The monoisotopic (exact) mass is 293 g/mol. The first-order chi connectivity index (χ1) is 9.54. The summed E-state index contributed by atoms with van der Waals surface area (Å²) in [6.07, 6.45) is 4.46. The van der Waals surface area contributed by atoms with Crippen LogP contribution in [0, 0.1) is 5.92 Å². The average Bonchev–Trinajstić information content (AvgIpc) is 2.97. The number of aryl methyl sites for hydroxylation is 1. The Hall–Kier alpha value is -1.89. The Kier molecular flexibility index (Phi) is 4.73. The van der Waals surface area contributed by atoms with Crippen LogP contribution in [0.15, 0.2) is 22.9 Å². The van der Waals surface area contributed by atoms with Gasteiger partial charge in [-0.2, -0.15) is 5.10 Å². The molecule has 0 bridgehead atoms. The molecule has 0 unspecified atom stereocenters. The molecule has 0 fully saturated rings. The van der Waals surface area contributed by atoms with E-state index in [0.717, 1.165) is 22.7 Å². The van der Waals surface area contributed by atoms with Crippen LogP contribution in [0.5, 0.6) is 0 Å². The molecule has 2 rings (SSSR count). The largest absolute Gasteiger partial charge is 0.388 e. The minimum Gasteiger partial charge on any atom is -0.388 e.